The van der Waals surface area contributed by atoms with Gasteiger partial charge in [0.15, 0.2) is 11.3 Å². The highest BCUT2D eigenvalue weighted by molar-refractivity contribution is 6.17. The van der Waals surface area contributed by atoms with Gasteiger partial charge in [0.05, 0.1) is 13.2 Å². The average Bonchev–Trinajstić information content (AvgIpc) is 2.78. The molecule has 0 radical (unpaired) electrons. The number of aromatic nitrogens is 5. The van der Waals surface area contributed by atoms with Crippen LogP contribution in [-0.4, -0.2) is 42.8 Å². The average molecular weight is 272 g/mol. The molecule has 2 aromatic heterocycles. The highest BCUT2D eigenvalue weighted by atomic mass is 35.5. The van der Waals surface area contributed by atoms with Crippen LogP contribution < -0.4 is 5.69 Å². The van der Waals surface area contributed by atoms with E-state index in [1.165, 1.54) is 6.33 Å². The number of alkyl halides is 1. The van der Waals surface area contributed by atoms with E-state index in [0.29, 0.717) is 0 Å². The molecule has 0 atom stereocenters. The molecule has 0 amide bonds. The fourth-order valence-corrected chi connectivity index (χ4v) is 1.56. The number of carbonyl (C=O) groups excluding carboxylic acids is 1. The lowest BCUT2D eigenvalue weighted by Gasteiger charge is -2.01. The number of carbonyl (C=O) groups is 1. The van der Waals surface area contributed by atoms with Crippen LogP contribution in [0.15, 0.2) is 11.1 Å². The van der Waals surface area contributed by atoms with Gasteiger partial charge in [0, 0.05) is 5.88 Å². The minimum Gasteiger partial charge on any atom is -0.461 e. The normalized spacial score (nSPS) is 10.8. The van der Waals surface area contributed by atoms with Gasteiger partial charge in [0.25, 0.3) is 0 Å². The number of nitrogens with zero attached hydrogens (tertiary/aromatic N) is 5. The Bertz CT molecular complexity index is 635. The SMILES string of the molecule is CCOC(=O)c1ncn2c(=O)n(CCCl)nnc12. The standard InChI is InChI=1S/C9H10ClN5O3/c1-2-18-8(16)6-7-12-13-15(4-3-10)9(17)14(7)5-11-6/h5H,2-4H2,1H3. The Hall–Kier alpha value is -1.96. The van der Waals surface area contributed by atoms with E-state index >= 15 is 0 Å². The van der Waals surface area contributed by atoms with Crippen LogP contribution >= 0.6 is 11.6 Å². The number of aryl methyl sites for hydroxylation is 1. The number of rotatable bonds is 4. The Morgan fingerprint density at radius 2 is 2.33 bits per heavy atom. The van der Waals surface area contributed by atoms with Crippen LogP contribution in [0, 0.1) is 0 Å². The minimum absolute atomic E-state index is 0.0283. The van der Waals surface area contributed by atoms with Gasteiger partial charge in [-0.1, -0.05) is 5.21 Å². The van der Waals surface area contributed by atoms with Gasteiger partial charge < -0.3 is 4.74 Å². The lowest BCUT2D eigenvalue weighted by atomic mass is 10.4. The van der Waals surface area contributed by atoms with Crippen LogP contribution in [0.25, 0.3) is 5.65 Å². The maximum Gasteiger partial charge on any atom is 0.360 e. The van der Waals surface area contributed by atoms with E-state index in [4.69, 9.17) is 16.3 Å². The molecule has 2 heterocycles. The first-order chi connectivity index (χ1) is 8.69. The molecule has 96 valence electrons. The van der Waals surface area contributed by atoms with Gasteiger partial charge >= 0.3 is 11.7 Å². The zero-order chi connectivity index (χ0) is 13.1. The Kier molecular flexibility index (Phi) is 3.56. The van der Waals surface area contributed by atoms with E-state index < -0.39 is 11.7 Å². The number of hydrogen-bond donors (Lipinski definition) is 0. The quantitative estimate of drug-likeness (QED) is 0.560. The summed E-state index contributed by atoms with van der Waals surface area (Å²) in [5, 5.41) is 7.45. The molecular weight excluding hydrogens is 262 g/mol. The first-order valence-corrected chi connectivity index (χ1v) is 5.76. The maximum atomic E-state index is 11.9. The molecule has 0 N–H and O–H groups in total. The second-order valence-corrected chi connectivity index (χ2v) is 3.67. The molecular formula is C9H10ClN5O3. The molecule has 0 aliphatic rings. The predicted molar refractivity (Wildman–Crippen MR) is 61.7 cm³/mol. The maximum absolute atomic E-state index is 11.9. The number of ether oxygens (including phenoxy) is 1. The molecule has 0 spiro atoms. The molecule has 2 aromatic rings. The fourth-order valence-electron chi connectivity index (χ4n) is 1.40. The Morgan fingerprint density at radius 1 is 1.56 bits per heavy atom. The number of fused-ring (bicyclic) bond motifs is 1. The first kappa shape index (κ1) is 12.5. The van der Waals surface area contributed by atoms with Crippen molar-refractivity contribution in [2.24, 2.45) is 0 Å². The summed E-state index contributed by atoms with van der Waals surface area (Å²) < 4.78 is 7.02. The number of imidazole rings is 1. The summed E-state index contributed by atoms with van der Waals surface area (Å²) in [5.41, 5.74) is -0.410. The van der Waals surface area contributed by atoms with Crippen molar-refractivity contribution in [1.82, 2.24) is 24.4 Å². The molecule has 0 saturated carbocycles. The molecule has 0 unspecified atom stereocenters. The van der Waals surface area contributed by atoms with Crippen molar-refractivity contribution in [2.45, 2.75) is 13.5 Å². The monoisotopic (exact) mass is 271 g/mol. The predicted octanol–water partition coefficient (Wildman–Crippen LogP) is -0.299. The minimum atomic E-state index is -0.635. The number of esters is 1. The molecule has 2 rings (SSSR count). The molecule has 0 saturated heterocycles. The molecule has 0 fully saturated rings. The lowest BCUT2D eigenvalue weighted by molar-refractivity contribution is 0.0522. The summed E-state index contributed by atoms with van der Waals surface area (Å²) in [7, 11) is 0. The van der Waals surface area contributed by atoms with Gasteiger partial charge in [-0.05, 0) is 6.92 Å². The third-order valence-electron chi connectivity index (χ3n) is 2.18. The molecule has 8 nitrogen and oxygen atoms in total. The number of hydrogen-bond acceptors (Lipinski definition) is 6. The summed E-state index contributed by atoms with van der Waals surface area (Å²) >= 11 is 5.53. The van der Waals surface area contributed by atoms with Crippen molar-refractivity contribution in [3.8, 4) is 0 Å². The van der Waals surface area contributed by atoms with E-state index in [2.05, 4.69) is 15.3 Å². The summed E-state index contributed by atoms with van der Waals surface area (Å²) in [6.07, 6.45) is 1.21. The van der Waals surface area contributed by atoms with Crippen LogP contribution in [0.5, 0.6) is 0 Å². The Balaban J connectivity index is 2.53. The Morgan fingerprint density at radius 3 is 3.00 bits per heavy atom. The zero-order valence-corrected chi connectivity index (χ0v) is 10.3. The van der Waals surface area contributed by atoms with Gasteiger partial charge in [-0.3, -0.25) is 0 Å². The van der Waals surface area contributed by atoms with Crippen molar-refractivity contribution >= 4 is 23.2 Å². The summed E-state index contributed by atoms with van der Waals surface area (Å²) in [4.78, 5) is 27.2. The van der Waals surface area contributed by atoms with Crippen molar-refractivity contribution in [2.75, 3.05) is 12.5 Å². The molecule has 0 aliphatic carbocycles. The molecule has 9 heteroatoms. The summed E-state index contributed by atoms with van der Waals surface area (Å²) in [6, 6.07) is 0. The van der Waals surface area contributed by atoms with E-state index in [-0.39, 0.29) is 30.4 Å². The van der Waals surface area contributed by atoms with Crippen molar-refractivity contribution in [3.63, 3.8) is 0 Å². The second kappa shape index (κ2) is 5.13. The number of halogens is 1. The summed E-state index contributed by atoms with van der Waals surface area (Å²) in [5.74, 6) is -0.400. The van der Waals surface area contributed by atoms with Gasteiger partial charge in [0.1, 0.15) is 6.33 Å². The highest BCUT2D eigenvalue weighted by Gasteiger charge is 2.18. The second-order valence-electron chi connectivity index (χ2n) is 3.29. The van der Waals surface area contributed by atoms with Crippen LogP contribution in [0.4, 0.5) is 0 Å². The van der Waals surface area contributed by atoms with Gasteiger partial charge in [-0.2, -0.15) is 4.68 Å². The van der Waals surface area contributed by atoms with Crippen molar-refractivity contribution in [1.29, 1.82) is 0 Å². The highest BCUT2D eigenvalue weighted by Crippen LogP contribution is 2.04. The molecule has 0 bridgehead atoms. The molecule has 0 aliphatic heterocycles. The molecule has 0 aromatic carbocycles. The molecule has 18 heavy (non-hydrogen) atoms. The Labute approximate surface area is 106 Å². The van der Waals surface area contributed by atoms with Gasteiger partial charge in [0.2, 0.25) is 0 Å². The van der Waals surface area contributed by atoms with Crippen LogP contribution in [-0.2, 0) is 11.3 Å². The van der Waals surface area contributed by atoms with E-state index in [1.54, 1.807) is 6.92 Å². The smallest absolute Gasteiger partial charge is 0.360 e. The largest absolute Gasteiger partial charge is 0.461 e. The van der Waals surface area contributed by atoms with Crippen LogP contribution in [0.1, 0.15) is 17.4 Å². The third kappa shape index (κ3) is 2.06. The van der Waals surface area contributed by atoms with Crippen LogP contribution in [0.3, 0.4) is 0 Å². The van der Waals surface area contributed by atoms with E-state index in [1.807, 2.05) is 0 Å². The summed E-state index contributed by atoms with van der Waals surface area (Å²) in [6.45, 7) is 2.13. The van der Waals surface area contributed by atoms with Gasteiger partial charge in [-0.15, -0.1) is 16.7 Å². The van der Waals surface area contributed by atoms with E-state index in [9.17, 15) is 9.59 Å². The van der Waals surface area contributed by atoms with Crippen LogP contribution in [0.2, 0.25) is 0 Å². The zero-order valence-electron chi connectivity index (χ0n) is 9.54. The fraction of sp³-hybridized carbons (Fsp3) is 0.444. The first-order valence-electron chi connectivity index (χ1n) is 5.23. The topological polar surface area (TPSA) is 91.4 Å². The van der Waals surface area contributed by atoms with Gasteiger partial charge in [-0.25, -0.2) is 19.0 Å². The van der Waals surface area contributed by atoms with E-state index in [0.717, 1.165) is 9.08 Å². The lowest BCUT2D eigenvalue weighted by Crippen LogP contribution is -2.30. The third-order valence-corrected chi connectivity index (χ3v) is 2.35. The van der Waals surface area contributed by atoms with Crippen molar-refractivity contribution in [3.05, 3.63) is 22.5 Å². The van der Waals surface area contributed by atoms with Crippen molar-refractivity contribution < 1.29 is 9.53 Å².